The minimum atomic E-state index is -0.0480. The molecular weight excluding hydrogens is 336 g/mol. The van der Waals surface area contributed by atoms with Crippen molar-refractivity contribution in [3.05, 3.63) is 53.1 Å². The van der Waals surface area contributed by atoms with Crippen LogP contribution >= 0.6 is 11.6 Å². The summed E-state index contributed by atoms with van der Waals surface area (Å²) in [5.41, 5.74) is 3.33. The zero-order valence-corrected chi connectivity index (χ0v) is 15.4. The number of imidazole rings is 1. The number of ether oxygens (including phenoxy) is 2. The van der Waals surface area contributed by atoms with Crippen molar-refractivity contribution < 1.29 is 9.47 Å². The van der Waals surface area contributed by atoms with Gasteiger partial charge in [-0.1, -0.05) is 44.5 Å². The first-order valence-corrected chi connectivity index (χ1v) is 8.84. The highest BCUT2D eigenvalue weighted by atomic mass is 35.5. The van der Waals surface area contributed by atoms with Crippen LogP contribution in [0.4, 0.5) is 0 Å². The minimum Gasteiger partial charge on any atom is -0.490 e. The maximum Gasteiger partial charge on any atom is 0.297 e. The van der Waals surface area contributed by atoms with Crippen molar-refractivity contribution in [3.63, 3.8) is 0 Å². The molecule has 2 aromatic carbocycles. The Hall–Kier alpha value is -2.20. The van der Waals surface area contributed by atoms with Crippen LogP contribution in [0.25, 0.3) is 11.0 Å². The Kier molecular flexibility index (Phi) is 3.88. The summed E-state index contributed by atoms with van der Waals surface area (Å²) in [6.07, 6.45) is -0.0480. The first-order valence-electron chi connectivity index (χ1n) is 8.46. The molecule has 4 rings (SSSR count). The van der Waals surface area contributed by atoms with Gasteiger partial charge < -0.3 is 9.47 Å². The van der Waals surface area contributed by atoms with E-state index in [1.165, 1.54) is 5.56 Å². The molecule has 0 saturated carbocycles. The topological polar surface area (TPSA) is 36.3 Å². The van der Waals surface area contributed by atoms with E-state index in [2.05, 4.69) is 42.5 Å². The van der Waals surface area contributed by atoms with Crippen LogP contribution in [0.2, 0.25) is 5.02 Å². The zero-order valence-electron chi connectivity index (χ0n) is 14.6. The number of hydrogen-bond donors (Lipinski definition) is 0. The van der Waals surface area contributed by atoms with E-state index in [-0.39, 0.29) is 11.5 Å². The molecule has 0 N–H and O–H groups in total. The molecule has 25 heavy (non-hydrogen) atoms. The summed E-state index contributed by atoms with van der Waals surface area (Å²) >= 11 is 6.09. The largest absolute Gasteiger partial charge is 0.490 e. The fourth-order valence-corrected chi connectivity index (χ4v) is 3.22. The fraction of sp³-hybridized carbons (Fsp3) is 0.350. The van der Waals surface area contributed by atoms with E-state index < -0.39 is 0 Å². The average molecular weight is 357 g/mol. The standard InChI is InChI=1S/C20H21ClN2O2/c1-20(2,3)13-4-7-15(8-5-13)24-12-16-11-23-18-10-14(21)6-9-17(18)22-19(23)25-16/h4-10,16H,11-12H2,1-3H3/t16-/m0/s1. The smallest absolute Gasteiger partial charge is 0.297 e. The minimum absolute atomic E-state index is 0.0480. The van der Waals surface area contributed by atoms with Crippen LogP contribution in [0.3, 0.4) is 0 Å². The highest BCUT2D eigenvalue weighted by Crippen LogP contribution is 2.30. The van der Waals surface area contributed by atoms with Gasteiger partial charge in [0.15, 0.2) is 6.10 Å². The summed E-state index contributed by atoms with van der Waals surface area (Å²) in [6.45, 7) is 7.81. The number of hydrogen-bond acceptors (Lipinski definition) is 3. The third-order valence-corrected chi connectivity index (χ3v) is 4.72. The molecular formula is C20H21ClN2O2. The van der Waals surface area contributed by atoms with Gasteiger partial charge in [-0.3, -0.25) is 4.57 Å². The first-order chi connectivity index (χ1) is 11.9. The Labute approximate surface area is 152 Å². The highest BCUT2D eigenvalue weighted by molar-refractivity contribution is 6.31. The van der Waals surface area contributed by atoms with Gasteiger partial charge in [-0.15, -0.1) is 0 Å². The van der Waals surface area contributed by atoms with Gasteiger partial charge in [-0.05, 0) is 41.3 Å². The molecule has 130 valence electrons. The summed E-state index contributed by atoms with van der Waals surface area (Å²) in [5.74, 6) is 0.856. The number of halogens is 1. The fourth-order valence-electron chi connectivity index (χ4n) is 3.06. The predicted octanol–water partition coefficient (Wildman–Crippen LogP) is 4.83. The third-order valence-electron chi connectivity index (χ3n) is 4.49. The normalized spacial score (nSPS) is 16.7. The molecule has 0 bridgehead atoms. The van der Waals surface area contributed by atoms with Gasteiger partial charge in [0.2, 0.25) is 0 Å². The molecule has 0 fully saturated rings. The van der Waals surface area contributed by atoms with E-state index in [4.69, 9.17) is 21.1 Å². The van der Waals surface area contributed by atoms with Crippen molar-refractivity contribution in [2.24, 2.45) is 0 Å². The second kappa shape index (κ2) is 5.95. The lowest BCUT2D eigenvalue weighted by atomic mass is 9.87. The maximum absolute atomic E-state index is 6.09. The van der Waals surface area contributed by atoms with Crippen molar-refractivity contribution in [2.45, 2.75) is 38.8 Å². The summed E-state index contributed by atoms with van der Waals surface area (Å²) in [6, 6.07) is 14.6. The molecule has 2 heterocycles. The molecule has 4 nitrogen and oxygen atoms in total. The van der Waals surface area contributed by atoms with Crippen LogP contribution in [-0.2, 0) is 12.0 Å². The molecule has 0 aliphatic carbocycles. The number of benzene rings is 2. The van der Waals surface area contributed by atoms with E-state index in [0.717, 1.165) is 16.8 Å². The van der Waals surface area contributed by atoms with Crippen LogP contribution < -0.4 is 9.47 Å². The van der Waals surface area contributed by atoms with Crippen molar-refractivity contribution >= 4 is 22.6 Å². The summed E-state index contributed by atoms with van der Waals surface area (Å²) in [5, 5.41) is 0.703. The summed E-state index contributed by atoms with van der Waals surface area (Å²) in [7, 11) is 0. The summed E-state index contributed by atoms with van der Waals surface area (Å²) < 4.78 is 13.9. The van der Waals surface area contributed by atoms with Crippen LogP contribution in [-0.4, -0.2) is 22.3 Å². The molecule has 0 unspecified atom stereocenters. The van der Waals surface area contributed by atoms with Gasteiger partial charge in [0.05, 0.1) is 17.6 Å². The van der Waals surface area contributed by atoms with Gasteiger partial charge in [-0.2, -0.15) is 4.98 Å². The Morgan fingerprint density at radius 2 is 1.96 bits per heavy atom. The zero-order chi connectivity index (χ0) is 17.6. The molecule has 1 aliphatic rings. The molecule has 0 radical (unpaired) electrons. The Morgan fingerprint density at radius 3 is 2.68 bits per heavy atom. The first kappa shape index (κ1) is 16.3. The van der Waals surface area contributed by atoms with Crippen molar-refractivity contribution in [1.29, 1.82) is 0 Å². The maximum atomic E-state index is 6.09. The van der Waals surface area contributed by atoms with Gasteiger partial charge in [0.25, 0.3) is 6.01 Å². The predicted molar refractivity (Wildman–Crippen MR) is 99.8 cm³/mol. The van der Waals surface area contributed by atoms with E-state index in [1.807, 2.05) is 30.3 Å². The quantitative estimate of drug-likeness (QED) is 0.674. The van der Waals surface area contributed by atoms with Crippen molar-refractivity contribution in [3.8, 4) is 11.8 Å². The molecule has 0 amide bonds. The number of nitrogens with zero attached hydrogens (tertiary/aromatic N) is 2. The highest BCUT2D eigenvalue weighted by Gasteiger charge is 2.27. The lowest BCUT2D eigenvalue weighted by molar-refractivity contribution is 0.144. The Balaban J connectivity index is 1.42. The van der Waals surface area contributed by atoms with Gasteiger partial charge in [-0.25, -0.2) is 0 Å². The number of fused-ring (bicyclic) bond motifs is 3. The van der Waals surface area contributed by atoms with Crippen molar-refractivity contribution in [2.75, 3.05) is 6.61 Å². The molecule has 1 atom stereocenters. The average Bonchev–Trinajstić information content (AvgIpc) is 3.10. The van der Waals surface area contributed by atoms with E-state index in [0.29, 0.717) is 24.2 Å². The van der Waals surface area contributed by atoms with Crippen molar-refractivity contribution in [1.82, 2.24) is 9.55 Å². The number of rotatable bonds is 3. The van der Waals surface area contributed by atoms with E-state index in [9.17, 15) is 0 Å². The lowest BCUT2D eigenvalue weighted by Crippen LogP contribution is -2.23. The molecule has 0 spiro atoms. The second-order valence-corrected chi connectivity index (χ2v) is 7.90. The van der Waals surface area contributed by atoms with Gasteiger partial charge in [0, 0.05) is 5.02 Å². The third kappa shape index (κ3) is 3.19. The summed E-state index contributed by atoms with van der Waals surface area (Å²) in [4.78, 5) is 4.50. The van der Waals surface area contributed by atoms with Gasteiger partial charge in [0.1, 0.15) is 12.4 Å². The monoisotopic (exact) mass is 356 g/mol. The van der Waals surface area contributed by atoms with Crippen LogP contribution in [0.1, 0.15) is 26.3 Å². The van der Waals surface area contributed by atoms with E-state index in [1.54, 1.807) is 0 Å². The number of aromatic nitrogens is 2. The second-order valence-electron chi connectivity index (χ2n) is 7.46. The molecule has 3 aromatic rings. The molecule has 1 aromatic heterocycles. The Morgan fingerprint density at radius 1 is 1.20 bits per heavy atom. The lowest BCUT2D eigenvalue weighted by Gasteiger charge is -2.19. The van der Waals surface area contributed by atoms with E-state index >= 15 is 0 Å². The molecule has 5 heteroatoms. The molecule has 1 aliphatic heterocycles. The van der Waals surface area contributed by atoms with Gasteiger partial charge >= 0.3 is 0 Å². The SMILES string of the molecule is CC(C)(C)c1ccc(OC[C@@H]2Cn3c(nc4ccc(Cl)cc43)O2)cc1. The van der Waals surface area contributed by atoms with Crippen LogP contribution in [0, 0.1) is 0 Å². The van der Waals surface area contributed by atoms with Crippen LogP contribution in [0.5, 0.6) is 11.8 Å². The van der Waals surface area contributed by atoms with Crippen LogP contribution in [0.15, 0.2) is 42.5 Å². The Bertz CT molecular complexity index is 910. The molecule has 0 saturated heterocycles.